The van der Waals surface area contributed by atoms with Crippen molar-refractivity contribution in [3.63, 3.8) is 0 Å². The minimum atomic E-state index is 0.489. The molecule has 2 aliphatic rings. The van der Waals surface area contributed by atoms with Gasteiger partial charge in [0, 0.05) is 0 Å². The first kappa shape index (κ1) is 53.7. The molecule has 0 spiro atoms. The van der Waals surface area contributed by atoms with E-state index in [1.54, 1.807) is 16.7 Å². The lowest BCUT2D eigenvalue weighted by Gasteiger charge is -2.27. The average Bonchev–Trinajstić information content (AvgIpc) is 3.90. The zero-order valence-electron chi connectivity index (χ0n) is 42.7. The molecule has 0 radical (unpaired) electrons. The molecule has 0 aromatic heterocycles. The van der Waals surface area contributed by atoms with Crippen molar-refractivity contribution in [2.75, 3.05) is 20.6 Å². The van der Waals surface area contributed by atoms with Crippen LogP contribution < -0.4 is 0 Å². The molecule has 0 aliphatic heterocycles. The number of allylic oxidation sites excluding steroid dienone is 3. The van der Waals surface area contributed by atoms with Crippen LogP contribution in [0.15, 0.2) is 54.7 Å². The van der Waals surface area contributed by atoms with Crippen LogP contribution in [0.25, 0.3) is 0 Å². The summed E-state index contributed by atoms with van der Waals surface area (Å²) in [6.07, 6.45) is 44.3. The van der Waals surface area contributed by atoms with E-state index in [4.69, 9.17) is 0 Å². The van der Waals surface area contributed by atoms with E-state index in [2.05, 4.69) is 98.5 Å². The third-order valence-corrected chi connectivity index (χ3v) is 15.7. The van der Waals surface area contributed by atoms with Crippen LogP contribution in [0, 0.1) is 34.5 Å². The van der Waals surface area contributed by atoms with E-state index in [1.807, 2.05) is 0 Å². The first-order valence-electron chi connectivity index (χ1n) is 26.9. The molecule has 1 aromatic carbocycles. The number of aryl methyl sites for hydroxylation is 3. The van der Waals surface area contributed by atoms with E-state index >= 15 is 0 Å². The van der Waals surface area contributed by atoms with Crippen molar-refractivity contribution in [3.8, 4) is 0 Å². The van der Waals surface area contributed by atoms with Crippen molar-refractivity contribution in [3.05, 3.63) is 71.3 Å². The molecule has 4 atom stereocenters. The highest BCUT2D eigenvalue weighted by Crippen LogP contribution is 2.45. The van der Waals surface area contributed by atoms with Crippen molar-refractivity contribution in [1.29, 1.82) is 0 Å². The van der Waals surface area contributed by atoms with Gasteiger partial charge in [-0.05, 0) is 207 Å². The van der Waals surface area contributed by atoms with Crippen molar-refractivity contribution < 1.29 is 0 Å². The maximum absolute atomic E-state index is 4.51. The van der Waals surface area contributed by atoms with Gasteiger partial charge in [-0.25, -0.2) is 0 Å². The summed E-state index contributed by atoms with van der Waals surface area (Å²) in [5.74, 6) is 3.76. The quantitative estimate of drug-likeness (QED) is 0.0494. The summed E-state index contributed by atoms with van der Waals surface area (Å²) in [4.78, 5) is 2.30. The molecule has 1 aromatic rings. The fourth-order valence-electron chi connectivity index (χ4n) is 11.0. The van der Waals surface area contributed by atoms with Gasteiger partial charge in [0.15, 0.2) is 0 Å². The number of hydrogen-bond acceptors (Lipinski definition) is 1. The second-order valence-electron chi connectivity index (χ2n) is 23.6. The van der Waals surface area contributed by atoms with Crippen LogP contribution in [-0.4, -0.2) is 25.5 Å². The lowest BCUT2D eigenvalue weighted by molar-refractivity contribution is 0.237. The highest BCUT2D eigenvalue weighted by Gasteiger charge is 2.33. The molecule has 2 fully saturated rings. The highest BCUT2D eigenvalue weighted by atomic mass is 15.0. The topological polar surface area (TPSA) is 3.24 Å². The van der Waals surface area contributed by atoms with Gasteiger partial charge in [-0.3, -0.25) is 0 Å². The fraction of sp³-hybridized carbons (Fsp3) is 0.800. The monoisotopic (exact) mass is 840 g/mol. The van der Waals surface area contributed by atoms with Crippen LogP contribution in [0.1, 0.15) is 251 Å². The minimum absolute atomic E-state index is 0.489. The molecule has 0 bridgehead atoms. The van der Waals surface area contributed by atoms with Crippen LogP contribution in [0.3, 0.4) is 0 Å². The maximum atomic E-state index is 4.51. The maximum Gasteiger partial charge on any atom is -0.00247 e. The van der Waals surface area contributed by atoms with Crippen LogP contribution in [0.4, 0.5) is 0 Å². The van der Waals surface area contributed by atoms with E-state index < -0.39 is 0 Å². The van der Waals surface area contributed by atoms with Crippen molar-refractivity contribution in [2.45, 2.75) is 253 Å². The van der Waals surface area contributed by atoms with Gasteiger partial charge in [-0.2, -0.15) is 0 Å². The summed E-state index contributed by atoms with van der Waals surface area (Å²) < 4.78 is 0. The number of hydrogen-bond donors (Lipinski definition) is 0. The summed E-state index contributed by atoms with van der Waals surface area (Å²) in [5.41, 5.74) is 10.3. The molecule has 61 heavy (non-hydrogen) atoms. The number of benzene rings is 1. The number of unbranched alkanes of at least 4 members (excludes halogenated alkanes) is 13. The highest BCUT2D eigenvalue weighted by molar-refractivity contribution is 5.33. The summed E-state index contributed by atoms with van der Waals surface area (Å²) in [6, 6.07) is 7.58. The first-order chi connectivity index (χ1) is 29.1. The Labute approximate surface area is 383 Å². The van der Waals surface area contributed by atoms with E-state index in [1.165, 1.54) is 229 Å². The van der Waals surface area contributed by atoms with Gasteiger partial charge in [-0.15, -0.1) is 0 Å². The van der Waals surface area contributed by atoms with Gasteiger partial charge in [0.05, 0.1) is 0 Å². The van der Waals surface area contributed by atoms with Crippen molar-refractivity contribution >= 4 is 0 Å². The predicted molar refractivity (Wildman–Crippen MR) is 275 cm³/mol. The SMILES string of the molecule is C=C(CCCCN(C)C)CCc1cc(CCCCCCCCCC(=C)CCC2CCC(C(C)(C)C)C2)ccc1CCCCCCCCCC(=C)CCC1CCC(C(C)(C)C)C1. The number of nitrogens with zero attached hydrogens (tertiary/aromatic N) is 1. The Morgan fingerprint density at radius 1 is 0.475 bits per heavy atom. The van der Waals surface area contributed by atoms with Crippen LogP contribution >= 0.6 is 0 Å². The molecular weight excluding hydrogens is 735 g/mol. The summed E-state index contributed by atoms with van der Waals surface area (Å²) >= 11 is 0. The Bertz CT molecular complexity index is 1350. The van der Waals surface area contributed by atoms with Gasteiger partial charge in [0.25, 0.3) is 0 Å². The molecule has 0 heterocycles. The van der Waals surface area contributed by atoms with E-state index in [0.29, 0.717) is 10.8 Å². The van der Waals surface area contributed by atoms with Crippen LogP contribution in [0.5, 0.6) is 0 Å². The Balaban J connectivity index is 1.27. The summed E-state index contributed by atoms with van der Waals surface area (Å²) in [7, 11) is 4.36. The Kier molecular flexibility index (Phi) is 26.2. The molecule has 350 valence electrons. The second-order valence-corrected chi connectivity index (χ2v) is 23.6. The number of rotatable bonds is 34. The fourth-order valence-corrected chi connectivity index (χ4v) is 11.0. The Morgan fingerprint density at radius 3 is 1.36 bits per heavy atom. The predicted octanol–water partition coefficient (Wildman–Crippen LogP) is 18.8. The van der Waals surface area contributed by atoms with E-state index in [-0.39, 0.29) is 0 Å². The minimum Gasteiger partial charge on any atom is -0.309 e. The molecule has 0 amide bonds. The van der Waals surface area contributed by atoms with Gasteiger partial charge in [0.2, 0.25) is 0 Å². The normalized spacial score (nSPS) is 19.6. The molecule has 1 heteroatoms. The van der Waals surface area contributed by atoms with E-state index in [0.717, 1.165) is 30.1 Å². The van der Waals surface area contributed by atoms with Gasteiger partial charge >= 0.3 is 0 Å². The average molecular weight is 841 g/mol. The van der Waals surface area contributed by atoms with Crippen LogP contribution in [-0.2, 0) is 19.3 Å². The molecule has 0 N–H and O–H groups in total. The van der Waals surface area contributed by atoms with Crippen molar-refractivity contribution in [1.82, 2.24) is 4.90 Å². The summed E-state index contributed by atoms with van der Waals surface area (Å²) in [6.45, 7) is 29.2. The zero-order valence-corrected chi connectivity index (χ0v) is 42.7. The standard InChI is InChI=1S/C60H105N/c1-49(33-36-53-39-43-57(47-53)59(4,5)6)28-22-18-14-12-16-20-24-31-52-38-42-55(56(46-52)41-35-51(3)30-26-27-45-61(10)11)32-25-21-17-13-15-19-23-29-50(2)34-37-54-40-44-58(48-54)60(7,8)9/h38,42,46,53-54,57-58H,1-3,12-37,39-41,43-45,47-48H2,4-11H3. The molecule has 1 nitrogen and oxygen atoms in total. The Hall–Kier alpha value is -1.60. The van der Waals surface area contributed by atoms with Crippen LogP contribution in [0.2, 0.25) is 0 Å². The second kappa shape index (κ2) is 29.8. The molecule has 2 saturated carbocycles. The summed E-state index contributed by atoms with van der Waals surface area (Å²) in [5, 5.41) is 0. The lowest BCUT2D eigenvalue weighted by Crippen LogP contribution is -2.17. The molecular formula is C60H105N. The van der Waals surface area contributed by atoms with Gasteiger partial charge < -0.3 is 4.90 Å². The molecule has 4 unspecified atom stereocenters. The first-order valence-corrected chi connectivity index (χ1v) is 26.9. The van der Waals surface area contributed by atoms with Gasteiger partial charge in [0.1, 0.15) is 0 Å². The third-order valence-electron chi connectivity index (χ3n) is 15.7. The van der Waals surface area contributed by atoms with E-state index in [9.17, 15) is 0 Å². The Morgan fingerprint density at radius 2 is 0.902 bits per heavy atom. The largest absolute Gasteiger partial charge is 0.309 e. The zero-order chi connectivity index (χ0) is 44.5. The lowest BCUT2D eigenvalue weighted by atomic mass is 9.79. The molecule has 3 rings (SSSR count). The smallest absolute Gasteiger partial charge is 0.00247 e. The third kappa shape index (κ3) is 24.3. The molecule has 0 saturated heterocycles. The van der Waals surface area contributed by atoms with Crippen molar-refractivity contribution in [2.24, 2.45) is 34.5 Å². The molecule has 2 aliphatic carbocycles. The van der Waals surface area contributed by atoms with Gasteiger partial charge in [-0.1, -0.05) is 173 Å².